The van der Waals surface area contributed by atoms with Crippen molar-refractivity contribution in [2.75, 3.05) is 39.9 Å². The van der Waals surface area contributed by atoms with Crippen LogP contribution in [0, 0.1) is 11.8 Å². The van der Waals surface area contributed by atoms with E-state index in [0.717, 1.165) is 29.4 Å². The van der Waals surface area contributed by atoms with Crippen LogP contribution in [0.5, 0.6) is 0 Å². The number of hydrogen-bond acceptors (Lipinski definition) is 18. The summed E-state index contributed by atoms with van der Waals surface area (Å²) in [5.74, 6) is -9.59. The molecule has 1 aliphatic rings. The van der Waals surface area contributed by atoms with Gasteiger partial charge in [-0.25, -0.2) is 19.2 Å². The van der Waals surface area contributed by atoms with Crippen LogP contribution in [0.25, 0.3) is 11.1 Å². The molecule has 0 heterocycles. The lowest BCUT2D eigenvalue weighted by molar-refractivity contribution is -0.153. The number of unbranched alkanes of at least 4 members (excludes halogenated alkanes) is 1. The molecule has 28 nitrogen and oxygen atoms in total. The van der Waals surface area contributed by atoms with Crippen LogP contribution in [0.2, 0.25) is 0 Å². The second-order valence-electron chi connectivity index (χ2n) is 22.8. The Hall–Kier alpha value is -9.34. The van der Waals surface area contributed by atoms with Crippen molar-refractivity contribution in [2.24, 2.45) is 23.3 Å². The Labute approximate surface area is 516 Å². The van der Waals surface area contributed by atoms with E-state index in [1.54, 1.807) is 78.8 Å². The summed E-state index contributed by atoms with van der Waals surface area (Å²) < 4.78 is 27.0. The predicted molar refractivity (Wildman–Crippen MR) is 322 cm³/mol. The van der Waals surface area contributed by atoms with Crippen LogP contribution in [0.3, 0.4) is 0 Å². The van der Waals surface area contributed by atoms with E-state index in [9.17, 15) is 57.5 Å². The van der Waals surface area contributed by atoms with Gasteiger partial charge in [0.25, 0.3) is 0 Å². The molecule has 7 atom stereocenters. The van der Waals surface area contributed by atoms with Gasteiger partial charge in [-0.05, 0) is 93.0 Å². The summed E-state index contributed by atoms with van der Waals surface area (Å²) in [5, 5.41) is 22.0. The van der Waals surface area contributed by atoms with Crippen LogP contribution in [0.1, 0.15) is 110 Å². The summed E-state index contributed by atoms with van der Waals surface area (Å²) in [6.07, 6.45) is -4.79. The van der Waals surface area contributed by atoms with Crippen molar-refractivity contribution in [3.05, 3.63) is 95.6 Å². The largest absolute Gasteiger partial charge is 0.467 e. The van der Waals surface area contributed by atoms with E-state index in [1.807, 2.05) is 48.5 Å². The minimum absolute atomic E-state index is 0.0442. The number of nitrogens with two attached hydrogens (primary N) is 2. The molecule has 1 aliphatic carbocycles. The molecule has 4 rings (SSSR count). The van der Waals surface area contributed by atoms with Crippen molar-refractivity contribution < 1.29 is 81.2 Å². The van der Waals surface area contributed by atoms with Gasteiger partial charge in [0, 0.05) is 19.0 Å². The molecule has 28 heteroatoms. The summed E-state index contributed by atoms with van der Waals surface area (Å²) in [5.41, 5.74) is 14.9. The highest BCUT2D eigenvalue weighted by molar-refractivity contribution is 5.96. The molecule has 0 unspecified atom stereocenters. The highest BCUT2D eigenvalue weighted by atomic mass is 16.6. The van der Waals surface area contributed by atoms with E-state index in [0.29, 0.717) is 12.0 Å². The highest BCUT2D eigenvalue weighted by Gasteiger charge is 2.37. The number of carbonyl (C=O) groups excluding carboxylic acids is 12. The minimum atomic E-state index is -1.86. The number of ether oxygens (including phenoxy) is 5. The Balaban J connectivity index is 1.55. The zero-order valence-corrected chi connectivity index (χ0v) is 51.7. The fraction of sp³-hybridized carbons (Fsp3) is 0.508. The number of benzene rings is 3. The second kappa shape index (κ2) is 35.5. The van der Waals surface area contributed by atoms with Crippen molar-refractivity contribution in [3.63, 3.8) is 0 Å². The van der Waals surface area contributed by atoms with Crippen molar-refractivity contribution >= 4 is 71.6 Å². The normalized spacial score (nSPS) is 14.0. The van der Waals surface area contributed by atoms with Gasteiger partial charge in [0.1, 0.15) is 61.2 Å². The van der Waals surface area contributed by atoms with Crippen LogP contribution < -0.4 is 59.3 Å². The monoisotopic (exact) mass is 1240 g/mol. The van der Waals surface area contributed by atoms with Crippen LogP contribution in [0.15, 0.2) is 78.9 Å². The minimum Gasteiger partial charge on any atom is -0.467 e. The van der Waals surface area contributed by atoms with Gasteiger partial charge in [0.05, 0.1) is 26.6 Å². The SMILES string of the molecule is COC(=O)[C@H](CCCCNC(=O)OC(C)(C)C)NC(=O)[C@H](CC(=O)O[C@H](C)[C@H](NC(=O)OCc1ccccc1)C(=O)NC[C@H](N)C(=O)N[C@@H](CC(C)C)C(=O)NCC(=O)NCC(N)=O)NC(=O)[C@@H](NC(=O)OCC1c2ccccc2-c2ccccc21)C(C)C. The molecule has 10 amide bonds. The number of methoxy groups -OCH3 is 1. The number of fused-ring (bicyclic) bond motifs is 3. The van der Waals surface area contributed by atoms with Gasteiger partial charge in [-0.15, -0.1) is 0 Å². The predicted octanol–water partition coefficient (Wildman–Crippen LogP) is 1.70. The Morgan fingerprint density at radius 3 is 1.76 bits per heavy atom. The zero-order chi connectivity index (χ0) is 66.0. The number of carbonyl (C=O) groups is 12. The van der Waals surface area contributed by atoms with E-state index in [1.165, 1.54) is 6.92 Å². The smallest absolute Gasteiger partial charge is 0.408 e. The molecule has 0 spiro atoms. The Bertz CT molecular complexity index is 2910. The summed E-state index contributed by atoms with van der Waals surface area (Å²) in [6.45, 7) is 11.2. The molecule has 3 aromatic rings. The van der Waals surface area contributed by atoms with E-state index in [2.05, 4.69) is 47.9 Å². The van der Waals surface area contributed by atoms with Crippen molar-refractivity contribution in [1.82, 2.24) is 47.9 Å². The Morgan fingerprint density at radius 2 is 1.17 bits per heavy atom. The van der Waals surface area contributed by atoms with Crippen molar-refractivity contribution in [1.29, 1.82) is 0 Å². The van der Waals surface area contributed by atoms with E-state index in [-0.39, 0.29) is 50.9 Å². The third-order valence-electron chi connectivity index (χ3n) is 13.6. The number of esters is 2. The maximum atomic E-state index is 14.4. The number of nitrogens with one attached hydrogen (secondary N) is 9. The first kappa shape index (κ1) is 72.1. The first-order valence-electron chi connectivity index (χ1n) is 29.2. The topological polar surface area (TPSA) is 411 Å². The van der Waals surface area contributed by atoms with Crippen molar-refractivity contribution in [2.45, 2.75) is 148 Å². The number of amides is 10. The van der Waals surface area contributed by atoms with Gasteiger partial charge in [-0.1, -0.05) is 107 Å². The molecule has 0 saturated carbocycles. The Kier molecular flexibility index (Phi) is 28.7. The molecule has 486 valence electrons. The van der Waals surface area contributed by atoms with E-state index < -0.39 is 151 Å². The number of primary amides is 1. The molecule has 89 heavy (non-hydrogen) atoms. The summed E-state index contributed by atoms with van der Waals surface area (Å²) >= 11 is 0. The van der Waals surface area contributed by atoms with Gasteiger partial charge in [-0.3, -0.25) is 38.4 Å². The molecule has 0 aromatic heterocycles. The average Bonchev–Trinajstić information content (AvgIpc) is 1.65. The lowest BCUT2D eigenvalue weighted by Crippen LogP contribution is -2.59. The van der Waals surface area contributed by atoms with Gasteiger partial charge in [0.15, 0.2) is 0 Å². The lowest BCUT2D eigenvalue weighted by atomic mass is 9.98. The molecule has 0 bridgehead atoms. The third-order valence-corrected chi connectivity index (χ3v) is 13.6. The lowest BCUT2D eigenvalue weighted by Gasteiger charge is -2.27. The summed E-state index contributed by atoms with van der Waals surface area (Å²) in [4.78, 5) is 159. The highest BCUT2D eigenvalue weighted by Crippen LogP contribution is 2.44. The van der Waals surface area contributed by atoms with Crippen LogP contribution >= 0.6 is 0 Å². The Morgan fingerprint density at radius 1 is 0.584 bits per heavy atom. The molecule has 0 aliphatic heterocycles. The van der Waals surface area contributed by atoms with E-state index >= 15 is 0 Å². The molecular formula is C61H85N11O17. The average molecular weight is 1240 g/mol. The van der Waals surface area contributed by atoms with Gasteiger partial charge in [0.2, 0.25) is 41.4 Å². The quantitative estimate of drug-likeness (QED) is 0.0235. The van der Waals surface area contributed by atoms with Gasteiger partial charge < -0.3 is 83.0 Å². The number of alkyl carbamates (subject to hydrolysis) is 3. The number of rotatable bonds is 33. The maximum absolute atomic E-state index is 14.4. The van der Waals surface area contributed by atoms with Crippen LogP contribution in [-0.4, -0.2) is 159 Å². The van der Waals surface area contributed by atoms with Crippen LogP contribution in [0.4, 0.5) is 14.4 Å². The fourth-order valence-corrected chi connectivity index (χ4v) is 9.13. The molecule has 3 aromatic carbocycles. The van der Waals surface area contributed by atoms with Gasteiger partial charge in [-0.2, -0.15) is 0 Å². The maximum Gasteiger partial charge on any atom is 0.408 e. The van der Waals surface area contributed by atoms with Gasteiger partial charge >= 0.3 is 30.2 Å². The molecule has 0 radical (unpaired) electrons. The summed E-state index contributed by atoms with van der Waals surface area (Å²) in [6, 6.07) is 14.7. The molecule has 13 N–H and O–H groups in total. The van der Waals surface area contributed by atoms with E-state index in [4.69, 9.17) is 35.2 Å². The molecular weight excluding hydrogens is 1160 g/mol. The molecule has 0 saturated heterocycles. The van der Waals surface area contributed by atoms with Crippen LogP contribution in [-0.2, 0) is 73.4 Å². The first-order valence-corrected chi connectivity index (χ1v) is 29.2. The standard InChI is InChI=1S/C61H85N11O17/c1-34(2)27-45(53(77)67-31-48(74)65-30-47(63)73)69-52(76)43(62)29-66-55(79)51(72-60(84)86-32-37-19-11-10-12-20-37)36(5)88-49(75)28-46(54(78)68-44(57(81)85-9)25-17-18-26-64-58(82)89-61(6,7)8)70-56(80)50(35(3)4)71-59(83)87-33-42-40-23-15-13-21-38(40)39-22-14-16-24-41(39)42/h10-16,19-24,34-36,42-46,50-51H,17-18,25-33,62H2,1-9H3,(H2,63,73)(H,64,82)(H,65,74)(H,66,79)(H,67,77)(H,68,78)(H,69,76)(H,70,80)(H,71,83)(H,72,84)/t36-,43+,44+,45+,46+,50+,51+/m1/s1. The second-order valence-corrected chi connectivity index (χ2v) is 22.8. The fourth-order valence-electron chi connectivity index (χ4n) is 9.13. The number of hydrogen-bond donors (Lipinski definition) is 11. The molecule has 0 fully saturated rings. The first-order chi connectivity index (χ1) is 42.1. The zero-order valence-electron chi connectivity index (χ0n) is 51.7. The van der Waals surface area contributed by atoms with Crippen molar-refractivity contribution in [3.8, 4) is 11.1 Å². The third kappa shape index (κ3) is 24.8. The summed E-state index contributed by atoms with van der Waals surface area (Å²) in [7, 11) is 1.08.